The maximum atomic E-state index is 6.26. The van der Waals surface area contributed by atoms with Gasteiger partial charge < -0.3 is 0 Å². The highest BCUT2D eigenvalue weighted by Gasteiger charge is 2.08. The van der Waals surface area contributed by atoms with Crippen molar-refractivity contribution >= 4 is 43.5 Å². The van der Waals surface area contributed by atoms with Gasteiger partial charge in [-0.3, -0.25) is 0 Å². The van der Waals surface area contributed by atoms with E-state index in [1.165, 1.54) is 0 Å². The Kier molecular flexibility index (Phi) is 3.49. The van der Waals surface area contributed by atoms with Crippen LogP contribution in [0.2, 0.25) is 5.02 Å². The molecule has 0 heterocycles. The van der Waals surface area contributed by atoms with Gasteiger partial charge in [0.25, 0.3) is 0 Å². The van der Waals surface area contributed by atoms with Crippen molar-refractivity contribution < 1.29 is 0 Å². The summed E-state index contributed by atoms with van der Waals surface area (Å²) in [5, 5.41) is 0.732. The molecule has 0 aliphatic carbocycles. The smallest absolute Gasteiger partial charge is 0.0637 e. The van der Waals surface area contributed by atoms with Crippen molar-refractivity contribution in [2.75, 3.05) is 0 Å². The van der Waals surface area contributed by atoms with Crippen LogP contribution >= 0.6 is 43.5 Å². The molecule has 2 rings (SSSR count). The van der Waals surface area contributed by atoms with E-state index in [4.69, 9.17) is 11.6 Å². The van der Waals surface area contributed by atoms with Crippen LogP contribution in [0.3, 0.4) is 0 Å². The van der Waals surface area contributed by atoms with Crippen molar-refractivity contribution in [1.29, 1.82) is 0 Å². The predicted molar refractivity (Wildman–Crippen MR) is 72.3 cm³/mol. The molecule has 15 heavy (non-hydrogen) atoms. The van der Waals surface area contributed by atoms with Crippen molar-refractivity contribution in [1.82, 2.24) is 0 Å². The highest BCUT2D eigenvalue weighted by atomic mass is 79.9. The molecule has 0 radical (unpaired) electrons. The molecule has 0 aliphatic heterocycles. The molecule has 0 amide bonds. The molecule has 0 spiro atoms. The minimum atomic E-state index is 0.732. The third-order valence-electron chi connectivity index (χ3n) is 2.12. The Labute approximate surface area is 111 Å². The van der Waals surface area contributed by atoms with Crippen molar-refractivity contribution in [2.45, 2.75) is 0 Å². The van der Waals surface area contributed by atoms with E-state index in [1.54, 1.807) is 0 Å². The van der Waals surface area contributed by atoms with Crippen LogP contribution < -0.4 is 0 Å². The molecule has 0 N–H and O–H groups in total. The number of halogens is 3. The van der Waals surface area contributed by atoms with Gasteiger partial charge in [0, 0.05) is 10.0 Å². The quantitative estimate of drug-likeness (QED) is 0.595. The van der Waals surface area contributed by atoms with E-state index in [0.717, 1.165) is 25.1 Å². The van der Waals surface area contributed by atoms with Crippen LogP contribution in [0.25, 0.3) is 11.1 Å². The molecule has 0 unspecified atom stereocenters. The number of rotatable bonds is 1. The molecular formula is C12H7Br2Cl. The lowest BCUT2D eigenvalue weighted by atomic mass is 10.1. The molecule has 0 nitrogen and oxygen atoms in total. The predicted octanol–water partition coefficient (Wildman–Crippen LogP) is 5.53. The van der Waals surface area contributed by atoms with Gasteiger partial charge >= 0.3 is 0 Å². The summed E-state index contributed by atoms with van der Waals surface area (Å²) in [5.74, 6) is 0. The van der Waals surface area contributed by atoms with Gasteiger partial charge in [0.05, 0.1) is 9.50 Å². The summed E-state index contributed by atoms with van der Waals surface area (Å²) in [5.41, 5.74) is 2.16. The zero-order chi connectivity index (χ0) is 10.8. The second-order valence-corrected chi connectivity index (χ2v) is 5.11. The van der Waals surface area contributed by atoms with Gasteiger partial charge in [-0.1, -0.05) is 48.0 Å². The zero-order valence-corrected chi connectivity index (χ0v) is 11.6. The second-order valence-electron chi connectivity index (χ2n) is 3.09. The van der Waals surface area contributed by atoms with E-state index in [-0.39, 0.29) is 0 Å². The third kappa shape index (κ3) is 2.27. The Hall–Kier alpha value is -0.310. The first-order chi connectivity index (χ1) is 7.20. The highest BCUT2D eigenvalue weighted by molar-refractivity contribution is 9.13. The molecular weight excluding hydrogens is 339 g/mol. The fourth-order valence-electron chi connectivity index (χ4n) is 1.37. The Balaban J connectivity index is 2.60. The molecule has 76 valence electrons. The number of hydrogen-bond acceptors (Lipinski definition) is 0. The molecule has 0 atom stereocenters. The van der Waals surface area contributed by atoms with E-state index in [2.05, 4.69) is 31.9 Å². The van der Waals surface area contributed by atoms with Crippen LogP contribution in [0.5, 0.6) is 0 Å². The molecule has 2 aromatic carbocycles. The van der Waals surface area contributed by atoms with Gasteiger partial charge in [-0.15, -0.1) is 0 Å². The number of hydrogen-bond donors (Lipinski definition) is 0. The molecule has 0 fully saturated rings. The lowest BCUT2D eigenvalue weighted by molar-refractivity contribution is 1.55. The van der Waals surface area contributed by atoms with Crippen molar-refractivity contribution in [2.24, 2.45) is 0 Å². The number of benzene rings is 2. The summed E-state index contributed by atoms with van der Waals surface area (Å²) in [4.78, 5) is 0. The maximum absolute atomic E-state index is 6.26. The average molecular weight is 346 g/mol. The van der Waals surface area contributed by atoms with E-state index in [1.807, 2.05) is 42.5 Å². The monoisotopic (exact) mass is 344 g/mol. The fourth-order valence-corrected chi connectivity index (χ4v) is 2.43. The SMILES string of the molecule is Clc1c(-c2ccccc2)ccc(Br)c1Br. The summed E-state index contributed by atoms with van der Waals surface area (Å²) in [6, 6.07) is 14.1. The van der Waals surface area contributed by atoms with Crippen LogP contribution in [-0.2, 0) is 0 Å². The molecule has 0 saturated carbocycles. The van der Waals surface area contributed by atoms with Crippen LogP contribution in [-0.4, -0.2) is 0 Å². The van der Waals surface area contributed by atoms with Gasteiger partial charge in [0.2, 0.25) is 0 Å². The summed E-state index contributed by atoms with van der Waals surface area (Å²) in [7, 11) is 0. The Morgan fingerprint density at radius 3 is 2.20 bits per heavy atom. The lowest BCUT2D eigenvalue weighted by Crippen LogP contribution is -1.81. The molecule has 2 aromatic rings. The van der Waals surface area contributed by atoms with E-state index in [0.29, 0.717) is 0 Å². The van der Waals surface area contributed by atoms with Gasteiger partial charge in [-0.25, -0.2) is 0 Å². The van der Waals surface area contributed by atoms with Crippen LogP contribution in [0.4, 0.5) is 0 Å². The first-order valence-corrected chi connectivity index (χ1v) is 6.35. The first kappa shape index (κ1) is 11.2. The maximum Gasteiger partial charge on any atom is 0.0637 e. The molecule has 0 bridgehead atoms. The van der Waals surface area contributed by atoms with E-state index >= 15 is 0 Å². The van der Waals surface area contributed by atoms with Crippen LogP contribution in [0.1, 0.15) is 0 Å². The van der Waals surface area contributed by atoms with E-state index in [9.17, 15) is 0 Å². The van der Waals surface area contributed by atoms with Gasteiger partial charge in [0.1, 0.15) is 0 Å². The summed E-state index contributed by atoms with van der Waals surface area (Å²) in [6.07, 6.45) is 0. The largest absolute Gasteiger partial charge is 0.0824 e. The Bertz CT molecular complexity index is 480. The summed E-state index contributed by atoms with van der Waals surface area (Å²) < 4.78 is 1.86. The molecule has 0 saturated heterocycles. The van der Waals surface area contributed by atoms with E-state index < -0.39 is 0 Å². The van der Waals surface area contributed by atoms with Gasteiger partial charge in [-0.05, 0) is 43.5 Å². The van der Waals surface area contributed by atoms with Crippen LogP contribution in [0, 0.1) is 0 Å². The minimum absolute atomic E-state index is 0.732. The van der Waals surface area contributed by atoms with Crippen LogP contribution in [0.15, 0.2) is 51.4 Å². The van der Waals surface area contributed by atoms with Crippen molar-refractivity contribution in [3.8, 4) is 11.1 Å². The van der Waals surface area contributed by atoms with Gasteiger partial charge in [-0.2, -0.15) is 0 Å². The third-order valence-corrected chi connectivity index (χ3v) is 4.76. The normalized spacial score (nSPS) is 10.3. The summed E-state index contributed by atoms with van der Waals surface area (Å²) in [6.45, 7) is 0. The topological polar surface area (TPSA) is 0 Å². The van der Waals surface area contributed by atoms with Gasteiger partial charge in [0.15, 0.2) is 0 Å². The summed E-state index contributed by atoms with van der Waals surface area (Å²) >= 11 is 13.1. The highest BCUT2D eigenvalue weighted by Crippen LogP contribution is 2.38. The lowest BCUT2D eigenvalue weighted by Gasteiger charge is -2.07. The van der Waals surface area contributed by atoms with Crippen molar-refractivity contribution in [3.63, 3.8) is 0 Å². The molecule has 3 heteroatoms. The Morgan fingerprint density at radius 2 is 1.53 bits per heavy atom. The fraction of sp³-hybridized carbons (Fsp3) is 0. The first-order valence-electron chi connectivity index (χ1n) is 4.39. The average Bonchev–Trinajstić information content (AvgIpc) is 2.27. The molecule has 0 aromatic heterocycles. The van der Waals surface area contributed by atoms with Crippen molar-refractivity contribution in [3.05, 3.63) is 56.4 Å². The minimum Gasteiger partial charge on any atom is -0.0824 e. The standard InChI is InChI=1S/C12H7Br2Cl/c13-10-7-6-9(12(15)11(10)14)8-4-2-1-3-5-8/h1-7H. The Morgan fingerprint density at radius 1 is 0.867 bits per heavy atom. The zero-order valence-electron chi connectivity index (χ0n) is 7.68. The second kappa shape index (κ2) is 4.69. The molecule has 0 aliphatic rings.